The van der Waals surface area contributed by atoms with Gasteiger partial charge in [-0.3, -0.25) is 14.9 Å². The summed E-state index contributed by atoms with van der Waals surface area (Å²) >= 11 is 13.7. The highest BCUT2D eigenvalue weighted by molar-refractivity contribution is 7.15. The van der Waals surface area contributed by atoms with Crippen LogP contribution in [0.25, 0.3) is 16.2 Å². The number of fused-ring (bicyclic) bond motifs is 1. The summed E-state index contributed by atoms with van der Waals surface area (Å²) in [6.45, 7) is 0. The minimum absolute atomic E-state index is 0.125. The highest BCUT2D eigenvalue weighted by atomic mass is 35.5. The van der Waals surface area contributed by atoms with E-state index in [0.717, 1.165) is 11.3 Å². The molecule has 0 radical (unpaired) electrons. The van der Waals surface area contributed by atoms with Crippen LogP contribution in [0.5, 0.6) is 0 Å². The molecular weight excluding hydrogens is 479 g/mol. The number of nitrogens with zero attached hydrogens (tertiary/aromatic N) is 3. The van der Waals surface area contributed by atoms with Gasteiger partial charge in [0.15, 0.2) is 5.78 Å². The van der Waals surface area contributed by atoms with Gasteiger partial charge < -0.3 is 0 Å². The van der Waals surface area contributed by atoms with Gasteiger partial charge in [-0.1, -0.05) is 71.7 Å². The Bertz CT molecular complexity index is 1510. The van der Waals surface area contributed by atoms with E-state index in [9.17, 15) is 9.59 Å². The van der Waals surface area contributed by atoms with Crippen molar-refractivity contribution >= 4 is 57.1 Å². The van der Waals surface area contributed by atoms with Crippen LogP contribution in [0, 0.1) is 0 Å². The van der Waals surface area contributed by atoms with E-state index in [4.69, 9.17) is 23.2 Å². The predicted octanol–water partition coefficient (Wildman–Crippen LogP) is 6.25. The number of nitrogens with one attached hydrogen (secondary N) is 1. The number of benzene rings is 3. The van der Waals surface area contributed by atoms with Gasteiger partial charge >= 0.3 is 0 Å². The van der Waals surface area contributed by atoms with Crippen LogP contribution in [0.4, 0.5) is 5.95 Å². The monoisotopic (exact) mass is 492 g/mol. The zero-order valence-corrected chi connectivity index (χ0v) is 19.2. The smallest absolute Gasteiger partial charge is 0.258 e. The van der Waals surface area contributed by atoms with Crippen molar-refractivity contribution in [2.24, 2.45) is 0 Å². The summed E-state index contributed by atoms with van der Waals surface area (Å²) in [6.07, 6.45) is 0. The third-order valence-electron chi connectivity index (χ3n) is 4.97. The summed E-state index contributed by atoms with van der Waals surface area (Å²) in [5.74, 6) is -0.584. The van der Waals surface area contributed by atoms with Crippen LogP contribution in [0.2, 0.25) is 10.0 Å². The number of hydrogen-bond donors (Lipinski definition) is 1. The fourth-order valence-electron chi connectivity index (χ4n) is 3.41. The maximum atomic E-state index is 13.0. The number of carbonyl (C=O) groups excluding carboxylic acids is 2. The number of carbonyl (C=O) groups is 2. The van der Waals surface area contributed by atoms with Crippen molar-refractivity contribution in [2.45, 2.75) is 0 Å². The van der Waals surface area contributed by atoms with E-state index in [1.807, 2.05) is 11.4 Å². The summed E-state index contributed by atoms with van der Waals surface area (Å²) in [7, 11) is 0. The molecule has 6 nitrogen and oxygen atoms in total. The molecule has 0 unspecified atom stereocenters. The first kappa shape index (κ1) is 21.3. The topological polar surface area (TPSA) is 76.4 Å². The Morgan fingerprint density at radius 2 is 1.64 bits per heavy atom. The van der Waals surface area contributed by atoms with Crippen LogP contribution in [0.3, 0.4) is 0 Å². The molecule has 1 amide bonds. The van der Waals surface area contributed by atoms with Crippen LogP contribution < -0.4 is 5.32 Å². The zero-order chi connectivity index (χ0) is 22.9. The Hall–Kier alpha value is -3.52. The van der Waals surface area contributed by atoms with Gasteiger partial charge in [0.25, 0.3) is 11.9 Å². The first-order valence-corrected chi connectivity index (χ1v) is 11.4. The second-order valence-electron chi connectivity index (χ2n) is 7.07. The van der Waals surface area contributed by atoms with Crippen LogP contribution >= 0.6 is 34.5 Å². The molecule has 3 aromatic carbocycles. The summed E-state index contributed by atoms with van der Waals surface area (Å²) in [5.41, 5.74) is 2.52. The van der Waals surface area contributed by atoms with Crippen LogP contribution in [0.15, 0.2) is 78.2 Å². The second kappa shape index (κ2) is 8.78. The molecule has 5 rings (SSSR count). The zero-order valence-electron chi connectivity index (χ0n) is 16.8. The molecule has 5 aromatic rings. The quantitative estimate of drug-likeness (QED) is 0.294. The lowest BCUT2D eigenvalue weighted by Crippen LogP contribution is -2.17. The molecule has 162 valence electrons. The Labute approximate surface area is 202 Å². The lowest BCUT2D eigenvalue weighted by Gasteiger charge is -2.08. The van der Waals surface area contributed by atoms with E-state index < -0.39 is 5.91 Å². The fraction of sp³-hybridized carbons (Fsp3) is 0. The van der Waals surface area contributed by atoms with Crippen LogP contribution in [-0.4, -0.2) is 26.3 Å². The van der Waals surface area contributed by atoms with Crippen molar-refractivity contribution in [3.05, 3.63) is 105 Å². The summed E-state index contributed by atoms with van der Waals surface area (Å²) < 4.78 is 1.61. The minimum atomic E-state index is -0.473. The van der Waals surface area contributed by atoms with E-state index in [-0.39, 0.29) is 17.3 Å². The third kappa shape index (κ3) is 4.14. The molecule has 0 bridgehead atoms. The average molecular weight is 493 g/mol. The molecular formula is C24H14Cl2N4O2S. The lowest BCUT2D eigenvalue weighted by molar-refractivity contribution is 0.0996. The van der Waals surface area contributed by atoms with Crippen LogP contribution in [0.1, 0.15) is 26.3 Å². The summed E-state index contributed by atoms with van der Waals surface area (Å²) in [6, 6.07) is 20.7. The Balaban J connectivity index is 1.45. The predicted molar refractivity (Wildman–Crippen MR) is 131 cm³/mol. The van der Waals surface area contributed by atoms with Gasteiger partial charge in [0.05, 0.1) is 16.3 Å². The van der Waals surface area contributed by atoms with Gasteiger partial charge in [-0.05, 0) is 24.3 Å². The lowest BCUT2D eigenvalue weighted by atomic mass is 9.98. The van der Waals surface area contributed by atoms with Gasteiger partial charge in [0, 0.05) is 27.1 Å². The van der Waals surface area contributed by atoms with E-state index in [1.165, 1.54) is 11.3 Å². The standard InChI is InChI=1S/C24H14Cl2N4O2S/c25-15-10-11-18(19(26)12-15)20-13-33-24-28-23(29-30(20)24)27-22(32)17-9-5-4-8-16(17)21(31)14-6-2-1-3-7-14/h1-13H,(H,27,29,32). The number of rotatable bonds is 5. The van der Waals surface area contributed by atoms with Gasteiger partial charge in [-0.25, -0.2) is 4.52 Å². The van der Waals surface area contributed by atoms with Gasteiger partial charge in [-0.2, -0.15) is 4.98 Å². The van der Waals surface area contributed by atoms with Crippen LogP contribution in [-0.2, 0) is 0 Å². The number of thiazole rings is 1. The highest BCUT2D eigenvalue weighted by Gasteiger charge is 2.20. The maximum Gasteiger partial charge on any atom is 0.258 e. The first-order valence-electron chi connectivity index (χ1n) is 9.81. The molecule has 0 atom stereocenters. The second-order valence-corrected chi connectivity index (χ2v) is 8.75. The molecule has 9 heteroatoms. The number of halogens is 2. The molecule has 0 aliphatic heterocycles. The molecule has 0 saturated carbocycles. The Morgan fingerprint density at radius 3 is 2.39 bits per heavy atom. The normalized spacial score (nSPS) is 11.0. The molecule has 0 aliphatic carbocycles. The molecule has 2 heterocycles. The Kier molecular flexibility index (Phi) is 5.68. The van der Waals surface area contributed by atoms with Crippen molar-refractivity contribution in [1.29, 1.82) is 0 Å². The van der Waals surface area contributed by atoms with Crippen molar-refractivity contribution in [3.63, 3.8) is 0 Å². The molecule has 0 fully saturated rings. The fourth-order valence-corrected chi connectivity index (χ4v) is 4.74. The van der Waals surface area contributed by atoms with E-state index >= 15 is 0 Å². The number of anilines is 1. The maximum absolute atomic E-state index is 13.0. The highest BCUT2D eigenvalue weighted by Crippen LogP contribution is 2.33. The van der Waals surface area contributed by atoms with Crippen molar-refractivity contribution in [3.8, 4) is 11.3 Å². The Morgan fingerprint density at radius 1 is 0.909 bits per heavy atom. The number of aromatic nitrogens is 3. The summed E-state index contributed by atoms with van der Waals surface area (Å²) in [5, 5.41) is 10.0. The van der Waals surface area contributed by atoms with E-state index in [2.05, 4.69) is 15.4 Å². The molecule has 2 aromatic heterocycles. The van der Waals surface area contributed by atoms with Gasteiger partial charge in [0.2, 0.25) is 4.96 Å². The first-order chi connectivity index (χ1) is 16.0. The molecule has 0 aliphatic rings. The average Bonchev–Trinajstić information content (AvgIpc) is 3.40. The molecule has 0 spiro atoms. The third-order valence-corrected chi connectivity index (χ3v) is 6.33. The largest absolute Gasteiger partial charge is 0.289 e. The minimum Gasteiger partial charge on any atom is -0.289 e. The molecule has 33 heavy (non-hydrogen) atoms. The number of amides is 1. The molecule has 1 N–H and O–H groups in total. The molecule has 0 saturated heterocycles. The number of hydrogen-bond acceptors (Lipinski definition) is 5. The SMILES string of the molecule is O=C(Nc1nc2scc(-c3ccc(Cl)cc3Cl)n2n1)c1ccccc1C(=O)c1ccccc1. The van der Waals surface area contributed by atoms with E-state index in [0.29, 0.717) is 26.1 Å². The van der Waals surface area contributed by atoms with Gasteiger partial charge in [-0.15, -0.1) is 16.4 Å². The van der Waals surface area contributed by atoms with Crippen molar-refractivity contribution < 1.29 is 9.59 Å². The van der Waals surface area contributed by atoms with Gasteiger partial charge in [0.1, 0.15) is 0 Å². The van der Waals surface area contributed by atoms with Crippen molar-refractivity contribution in [2.75, 3.05) is 5.32 Å². The van der Waals surface area contributed by atoms with Crippen molar-refractivity contribution in [1.82, 2.24) is 14.6 Å². The summed E-state index contributed by atoms with van der Waals surface area (Å²) in [4.78, 5) is 30.9. The van der Waals surface area contributed by atoms with E-state index in [1.54, 1.807) is 71.2 Å². The number of ketones is 1.